The molecule has 1 rings (SSSR count). The lowest BCUT2D eigenvalue weighted by Gasteiger charge is -2.22. The number of carboxylic acid groups (broad SMARTS) is 1. The number of thiol groups is 1. The minimum atomic E-state index is -1.21. The van der Waals surface area contributed by atoms with Crippen LogP contribution in [0.2, 0.25) is 0 Å². The summed E-state index contributed by atoms with van der Waals surface area (Å²) < 4.78 is 0. The number of nitrogens with one attached hydrogen (secondary N) is 4. The van der Waals surface area contributed by atoms with Crippen molar-refractivity contribution in [3.05, 3.63) is 0 Å². The molecule has 0 bridgehead atoms. The van der Waals surface area contributed by atoms with Crippen LogP contribution in [-0.4, -0.2) is 77.8 Å². The van der Waals surface area contributed by atoms with Crippen LogP contribution in [0, 0.1) is 0 Å². The van der Waals surface area contributed by atoms with Crippen molar-refractivity contribution in [2.75, 3.05) is 18.8 Å². The first-order valence-corrected chi connectivity index (χ1v) is 10.3. The largest absolute Gasteiger partial charge is 0.480 e. The van der Waals surface area contributed by atoms with E-state index >= 15 is 0 Å². The molecule has 30 heavy (non-hydrogen) atoms. The molecule has 1 aliphatic heterocycles. The number of guanidine groups is 1. The van der Waals surface area contributed by atoms with Crippen molar-refractivity contribution in [1.29, 1.82) is 0 Å². The van der Waals surface area contributed by atoms with Gasteiger partial charge in [0.1, 0.15) is 18.1 Å². The van der Waals surface area contributed by atoms with Gasteiger partial charge in [0.15, 0.2) is 5.96 Å². The van der Waals surface area contributed by atoms with Gasteiger partial charge in [-0.2, -0.15) is 12.6 Å². The van der Waals surface area contributed by atoms with Gasteiger partial charge >= 0.3 is 5.97 Å². The maximum atomic E-state index is 12.4. The van der Waals surface area contributed by atoms with Crippen LogP contribution in [0.3, 0.4) is 0 Å². The standard InChI is InChI=1S/C17H31N7O5S/c1-9(13(25)23-11(16(28)29)5-3-7-21-17(18)19)22-15(27)12(8-30)24-14(26)10-4-2-6-20-10/h9-12,20,30H,2-8H2,1H3,(H,22,27)(H,23,25)(H,24,26)(H,28,29)(H4,18,19,21). The number of rotatable bonds is 12. The quantitative estimate of drug-likeness (QED) is 0.0685. The van der Waals surface area contributed by atoms with Gasteiger partial charge < -0.3 is 37.8 Å². The summed E-state index contributed by atoms with van der Waals surface area (Å²) in [4.78, 5) is 52.0. The summed E-state index contributed by atoms with van der Waals surface area (Å²) >= 11 is 4.09. The lowest BCUT2D eigenvalue weighted by Crippen LogP contribution is -2.56. The Morgan fingerprint density at radius 3 is 2.40 bits per heavy atom. The minimum absolute atomic E-state index is 0.0428. The van der Waals surface area contributed by atoms with Crippen LogP contribution in [0.4, 0.5) is 0 Å². The summed E-state index contributed by atoms with van der Waals surface area (Å²) in [6, 6.07) is -3.44. The van der Waals surface area contributed by atoms with Gasteiger partial charge in [-0.15, -0.1) is 0 Å². The first-order chi connectivity index (χ1) is 14.1. The van der Waals surface area contributed by atoms with Gasteiger partial charge in [-0.25, -0.2) is 4.79 Å². The monoisotopic (exact) mass is 445 g/mol. The minimum Gasteiger partial charge on any atom is -0.480 e. The van der Waals surface area contributed by atoms with Crippen LogP contribution >= 0.6 is 12.6 Å². The Kier molecular flexibility index (Phi) is 11.0. The fraction of sp³-hybridized carbons (Fsp3) is 0.706. The zero-order valence-electron chi connectivity index (χ0n) is 16.9. The topological polar surface area (TPSA) is 201 Å². The first kappa shape index (κ1) is 25.5. The van der Waals surface area contributed by atoms with E-state index in [1.165, 1.54) is 6.92 Å². The van der Waals surface area contributed by atoms with E-state index < -0.39 is 35.9 Å². The number of carbonyl (C=O) groups excluding carboxylic acids is 3. The average Bonchev–Trinajstić information content (AvgIpc) is 3.22. The van der Waals surface area contributed by atoms with Crippen molar-refractivity contribution < 1.29 is 24.3 Å². The molecule has 4 unspecified atom stereocenters. The van der Waals surface area contributed by atoms with Crippen molar-refractivity contribution in [2.45, 2.75) is 56.8 Å². The number of nitrogens with two attached hydrogens (primary N) is 2. The van der Waals surface area contributed by atoms with Crippen molar-refractivity contribution in [1.82, 2.24) is 21.3 Å². The fourth-order valence-electron chi connectivity index (χ4n) is 2.81. The number of carbonyl (C=O) groups is 4. The SMILES string of the molecule is CC(NC(=O)C(CS)NC(=O)C1CCCN1)C(=O)NC(CCCN=C(N)N)C(=O)O. The van der Waals surface area contributed by atoms with E-state index in [1.54, 1.807) is 0 Å². The second-order valence-electron chi connectivity index (χ2n) is 6.97. The first-order valence-electron chi connectivity index (χ1n) is 9.69. The van der Waals surface area contributed by atoms with Crippen molar-refractivity contribution in [3.8, 4) is 0 Å². The van der Waals surface area contributed by atoms with Gasteiger partial charge in [0.2, 0.25) is 17.7 Å². The fourth-order valence-corrected chi connectivity index (χ4v) is 3.07. The van der Waals surface area contributed by atoms with E-state index in [4.69, 9.17) is 11.5 Å². The highest BCUT2D eigenvalue weighted by molar-refractivity contribution is 7.80. The van der Waals surface area contributed by atoms with E-state index in [0.717, 1.165) is 13.0 Å². The maximum Gasteiger partial charge on any atom is 0.326 e. The second kappa shape index (κ2) is 12.9. The van der Waals surface area contributed by atoms with Crippen molar-refractivity contribution >= 4 is 42.3 Å². The number of carboxylic acids is 1. The highest BCUT2D eigenvalue weighted by atomic mass is 32.1. The van der Waals surface area contributed by atoms with Gasteiger partial charge in [-0.05, 0) is 39.2 Å². The van der Waals surface area contributed by atoms with Crippen LogP contribution in [0.5, 0.6) is 0 Å². The normalized spacial score (nSPS) is 18.5. The van der Waals surface area contributed by atoms with E-state index in [9.17, 15) is 24.3 Å². The Bertz CT molecular complexity index is 650. The molecule has 4 atom stereocenters. The molecule has 0 aromatic rings. The third kappa shape index (κ3) is 8.86. The molecule has 170 valence electrons. The molecule has 0 aromatic carbocycles. The summed E-state index contributed by atoms with van der Waals surface area (Å²) in [5.41, 5.74) is 10.4. The number of hydrogen-bond acceptors (Lipinski definition) is 7. The Hall–Kier alpha value is -2.54. The average molecular weight is 446 g/mol. The van der Waals surface area contributed by atoms with Crippen molar-refractivity contribution in [3.63, 3.8) is 0 Å². The highest BCUT2D eigenvalue weighted by Crippen LogP contribution is 2.05. The molecule has 1 saturated heterocycles. The van der Waals surface area contributed by atoms with Gasteiger partial charge in [-0.3, -0.25) is 19.4 Å². The highest BCUT2D eigenvalue weighted by Gasteiger charge is 2.29. The lowest BCUT2D eigenvalue weighted by molar-refractivity contribution is -0.142. The van der Waals surface area contributed by atoms with Crippen molar-refractivity contribution in [2.24, 2.45) is 16.5 Å². The summed E-state index contributed by atoms with van der Waals surface area (Å²) in [5.74, 6) is -2.82. The molecule has 3 amide bonds. The molecule has 12 nitrogen and oxygen atoms in total. The molecular weight excluding hydrogens is 414 g/mol. The third-order valence-electron chi connectivity index (χ3n) is 4.50. The van der Waals surface area contributed by atoms with E-state index in [-0.39, 0.29) is 36.6 Å². The third-order valence-corrected chi connectivity index (χ3v) is 4.87. The van der Waals surface area contributed by atoms with Crippen LogP contribution in [0.15, 0.2) is 4.99 Å². The van der Waals surface area contributed by atoms with Gasteiger partial charge in [0.25, 0.3) is 0 Å². The predicted molar refractivity (Wildman–Crippen MR) is 114 cm³/mol. The predicted octanol–water partition coefficient (Wildman–Crippen LogP) is -2.72. The van der Waals surface area contributed by atoms with Gasteiger partial charge in [0.05, 0.1) is 6.04 Å². The second-order valence-corrected chi connectivity index (χ2v) is 7.34. The summed E-state index contributed by atoms with van der Waals surface area (Å²) in [7, 11) is 0. The zero-order chi connectivity index (χ0) is 22.7. The maximum absolute atomic E-state index is 12.4. The Morgan fingerprint density at radius 2 is 1.87 bits per heavy atom. The molecule has 0 saturated carbocycles. The molecule has 9 N–H and O–H groups in total. The molecule has 0 spiro atoms. The molecule has 13 heteroatoms. The Balaban J connectivity index is 2.54. The Morgan fingerprint density at radius 1 is 1.17 bits per heavy atom. The molecule has 1 heterocycles. The summed E-state index contributed by atoms with van der Waals surface area (Å²) in [6.45, 7) is 2.39. The van der Waals surface area contributed by atoms with Crippen LogP contribution in [-0.2, 0) is 19.2 Å². The lowest BCUT2D eigenvalue weighted by atomic mass is 10.1. The summed E-state index contributed by atoms with van der Waals surface area (Å²) in [5, 5.41) is 19.8. The van der Waals surface area contributed by atoms with Crippen LogP contribution < -0.4 is 32.7 Å². The van der Waals surface area contributed by atoms with E-state index in [1.807, 2.05) is 0 Å². The molecule has 1 aliphatic rings. The number of amides is 3. The Labute approximate surface area is 180 Å². The van der Waals surface area contributed by atoms with Gasteiger partial charge in [-0.1, -0.05) is 0 Å². The van der Waals surface area contributed by atoms with Crippen LogP contribution in [0.25, 0.3) is 0 Å². The molecule has 0 radical (unpaired) electrons. The van der Waals surface area contributed by atoms with E-state index in [2.05, 4.69) is 38.9 Å². The molecule has 1 fully saturated rings. The molecule has 0 aromatic heterocycles. The molecular formula is C17H31N7O5S. The summed E-state index contributed by atoms with van der Waals surface area (Å²) in [6.07, 6.45) is 2.02. The smallest absolute Gasteiger partial charge is 0.326 e. The number of aliphatic imine (C=N–C) groups is 1. The van der Waals surface area contributed by atoms with Gasteiger partial charge in [0, 0.05) is 12.3 Å². The number of nitrogens with zero attached hydrogens (tertiary/aromatic N) is 1. The van der Waals surface area contributed by atoms with Crippen LogP contribution in [0.1, 0.15) is 32.6 Å². The zero-order valence-corrected chi connectivity index (χ0v) is 17.8. The number of aliphatic carboxylic acids is 1. The molecule has 0 aliphatic carbocycles. The van der Waals surface area contributed by atoms with E-state index in [0.29, 0.717) is 12.8 Å². The number of hydrogen-bond donors (Lipinski definition) is 8.